The van der Waals surface area contributed by atoms with Crippen LogP contribution in [0.4, 0.5) is 0 Å². The first kappa shape index (κ1) is 18.5. The van der Waals surface area contributed by atoms with Gasteiger partial charge in [0.2, 0.25) is 0 Å². The lowest BCUT2D eigenvalue weighted by Gasteiger charge is -2.40. The molecule has 4 heteroatoms. The van der Waals surface area contributed by atoms with Gasteiger partial charge in [-0.15, -0.1) is 0 Å². The fourth-order valence-electron chi connectivity index (χ4n) is 3.98. The number of nitrogens with zero attached hydrogens (tertiary/aromatic N) is 1. The van der Waals surface area contributed by atoms with E-state index in [0.29, 0.717) is 19.5 Å². The number of hydrogen-bond donors (Lipinski definition) is 3. The minimum atomic E-state index is -0.645. The zero-order chi connectivity index (χ0) is 19.7. The molecule has 2 atom stereocenters. The Bertz CT molecular complexity index is 954. The second-order valence-corrected chi connectivity index (χ2v) is 7.63. The van der Waals surface area contributed by atoms with Gasteiger partial charge >= 0.3 is 0 Å². The monoisotopic (exact) mass is 375 g/mol. The lowest BCUT2D eigenvalue weighted by Crippen LogP contribution is -2.43. The fraction of sp³-hybridized carbons (Fsp3) is 0.250. The maximum absolute atomic E-state index is 11.2. The van der Waals surface area contributed by atoms with Gasteiger partial charge in [0.15, 0.2) is 11.5 Å². The average molecular weight is 375 g/mol. The van der Waals surface area contributed by atoms with Crippen LogP contribution in [0.1, 0.15) is 33.9 Å². The van der Waals surface area contributed by atoms with E-state index in [0.717, 1.165) is 22.3 Å². The van der Waals surface area contributed by atoms with Crippen molar-refractivity contribution in [3.05, 3.63) is 94.5 Å². The first-order chi connectivity index (χ1) is 13.5. The molecule has 1 aliphatic heterocycles. The van der Waals surface area contributed by atoms with Crippen LogP contribution in [0, 0.1) is 6.92 Å². The summed E-state index contributed by atoms with van der Waals surface area (Å²) in [5, 5.41) is 31.0. The molecule has 1 aliphatic rings. The molecule has 0 saturated heterocycles. The molecule has 144 valence electrons. The van der Waals surface area contributed by atoms with Crippen LogP contribution in [-0.4, -0.2) is 26.3 Å². The van der Waals surface area contributed by atoms with Crippen LogP contribution in [0.2, 0.25) is 0 Å². The first-order valence-corrected chi connectivity index (χ1v) is 9.57. The largest absolute Gasteiger partial charge is 0.504 e. The number of aromatic hydroxyl groups is 2. The molecule has 4 nitrogen and oxygen atoms in total. The van der Waals surface area contributed by atoms with Gasteiger partial charge in [0, 0.05) is 19.1 Å². The summed E-state index contributed by atoms with van der Waals surface area (Å²) < 4.78 is 0. The van der Waals surface area contributed by atoms with E-state index in [1.807, 2.05) is 49.4 Å². The summed E-state index contributed by atoms with van der Waals surface area (Å²) in [4.78, 5) is 2.25. The van der Waals surface area contributed by atoms with Crippen LogP contribution < -0.4 is 0 Å². The topological polar surface area (TPSA) is 63.9 Å². The fourth-order valence-corrected chi connectivity index (χ4v) is 3.98. The molecule has 0 saturated carbocycles. The quantitative estimate of drug-likeness (QED) is 0.602. The number of phenolic OH excluding ortho intramolecular Hbond substituents is 2. The van der Waals surface area contributed by atoms with E-state index in [9.17, 15) is 15.3 Å². The Morgan fingerprint density at radius 3 is 2.25 bits per heavy atom. The maximum atomic E-state index is 11.2. The molecular weight excluding hydrogens is 350 g/mol. The lowest BCUT2D eigenvalue weighted by atomic mass is 9.87. The average Bonchev–Trinajstić information content (AvgIpc) is 2.70. The predicted molar refractivity (Wildman–Crippen MR) is 109 cm³/mol. The number of rotatable bonds is 4. The Balaban J connectivity index is 1.68. The third-order valence-corrected chi connectivity index (χ3v) is 5.58. The van der Waals surface area contributed by atoms with Crippen LogP contribution in [0.3, 0.4) is 0 Å². The van der Waals surface area contributed by atoms with Gasteiger partial charge in [-0.25, -0.2) is 0 Å². The molecule has 3 aromatic rings. The highest BCUT2D eigenvalue weighted by Crippen LogP contribution is 2.37. The normalized spacial score (nSPS) is 17.9. The van der Waals surface area contributed by atoms with Gasteiger partial charge in [-0.05, 0) is 47.7 Å². The van der Waals surface area contributed by atoms with Crippen LogP contribution >= 0.6 is 0 Å². The van der Waals surface area contributed by atoms with Crippen molar-refractivity contribution in [3.63, 3.8) is 0 Å². The molecule has 0 radical (unpaired) electrons. The number of aliphatic hydroxyl groups is 1. The van der Waals surface area contributed by atoms with E-state index in [2.05, 4.69) is 17.0 Å². The molecule has 0 bridgehead atoms. The van der Waals surface area contributed by atoms with Crippen molar-refractivity contribution in [1.82, 2.24) is 4.90 Å². The number of phenols is 2. The van der Waals surface area contributed by atoms with Crippen molar-refractivity contribution in [2.75, 3.05) is 0 Å². The molecule has 0 fully saturated rings. The Kier molecular flexibility index (Phi) is 5.07. The first-order valence-electron chi connectivity index (χ1n) is 9.57. The molecule has 3 aromatic carbocycles. The SMILES string of the molecule is Cc1ccc(C(O)C2Cc3cc(O)c(O)cc3CN2Cc2ccccc2)cc1. The van der Waals surface area contributed by atoms with Crippen LogP contribution in [0.5, 0.6) is 11.5 Å². The van der Waals surface area contributed by atoms with Crippen molar-refractivity contribution < 1.29 is 15.3 Å². The second kappa shape index (κ2) is 7.66. The molecule has 1 heterocycles. The zero-order valence-corrected chi connectivity index (χ0v) is 15.9. The van der Waals surface area contributed by atoms with Crippen molar-refractivity contribution in [1.29, 1.82) is 0 Å². The van der Waals surface area contributed by atoms with E-state index in [1.165, 1.54) is 5.56 Å². The molecule has 0 aliphatic carbocycles. The zero-order valence-electron chi connectivity index (χ0n) is 15.9. The van der Waals surface area contributed by atoms with Gasteiger partial charge in [-0.1, -0.05) is 60.2 Å². The van der Waals surface area contributed by atoms with Crippen LogP contribution in [0.25, 0.3) is 0 Å². The minimum absolute atomic E-state index is 0.101. The highest BCUT2D eigenvalue weighted by molar-refractivity contribution is 5.47. The summed E-state index contributed by atoms with van der Waals surface area (Å²) in [5.41, 5.74) is 5.18. The highest BCUT2D eigenvalue weighted by atomic mass is 16.3. The van der Waals surface area contributed by atoms with Crippen molar-refractivity contribution in [2.45, 2.75) is 38.6 Å². The van der Waals surface area contributed by atoms with E-state index >= 15 is 0 Å². The Morgan fingerprint density at radius 2 is 1.57 bits per heavy atom. The van der Waals surface area contributed by atoms with Crippen molar-refractivity contribution in [3.8, 4) is 11.5 Å². The van der Waals surface area contributed by atoms with Gasteiger partial charge < -0.3 is 15.3 Å². The summed E-state index contributed by atoms with van der Waals surface area (Å²) in [6.45, 7) is 3.34. The van der Waals surface area contributed by atoms with E-state index in [-0.39, 0.29) is 17.5 Å². The minimum Gasteiger partial charge on any atom is -0.504 e. The number of aliphatic hydroxyl groups excluding tert-OH is 1. The van der Waals surface area contributed by atoms with Gasteiger partial charge in [-0.3, -0.25) is 4.90 Å². The summed E-state index contributed by atoms with van der Waals surface area (Å²) in [7, 11) is 0. The standard InChI is InChI=1S/C24H25NO3/c1-16-7-9-18(10-8-16)24(28)21-11-19-12-22(26)23(27)13-20(19)15-25(21)14-17-5-3-2-4-6-17/h2-10,12-13,21,24,26-28H,11,14-15H2,1H3. The Hall–Kier alpha value is -2.82. The summed E-state index contributed by atoms with van der Waals surface area (Å²) in [6, 6.07) is 21.3. The Labute approximate surface area is 165 Å². The highest BCUT2D eigenvalue weighted by Gasteiger charge is 2.33. The molecular formula is C24H25NO3. The third kappa shape index (κ3) is 3.75. The molecule has 2 unspecified atom stereocenters. The van der Waals surface area contributed by atoms with Gasteiger partial charge in [-0.2, -0.15) is 0 Å². The molecule has 4 rings (SSSR count). The number of aryl methyl sites for hydroxylation is 1. The summed E-state index contributed by atoms with van der Waals surface area (Å²) >= 11 is 0. The van der Waals surface area contributed by atoms with Gasteiger partial charge in [0.25, 0.3) is 0 Å². The predicted octanol–water partition coefficient (Wildman–Crippen LogP) is 4.07. The smallest absolute Gasteiger partial charge is 0.157 e. The van der Waals surface area contributed by atoms with Gasteiger partial charge in [0.1, 0.15) is 0 Å². The third-order valence-electron chi connectivity index (χ3n) is 5.58. The summed E-state index contributed by atoms with van der Waals surface area (Å²) in [6.07, 6.45) is -0.0428. The van der Waals surface area contributed by atoms with E-state index < -0.39 is 6.10 Å². The molecule has 0 spiro atoms. The number of hydrogen-bond acceptors (Lipinski definition) is 4. The second-order valence-electron chi connectivity index (χ2n) is 7.63. The van der Waals surface area contributed by atoms with Crippen molar-refractivity contribution in [2.24, 2.45) is 0 Å². The Morgan fingerprint density at radius 1 is 0.929 bits per heavy atom. The van der Waals surface area contributed by atoms with E-state index in [1.54, 1.807) is 12.1 Å². The lowest BCUT2D eigenvalue weighted by molar-refractivity contribution is 0.0312. The number of benzene rings is 3. The molecule has 0 amide bonds. The maximum Gasteiger partial charge on any atom is 0.157 e. The molecule has 0 aromatic heterocycles. The van der Waals surface area contributed by atoms with Crippen LogP contribution in [-0.2, 0) is 19.5 Å². The van der Waals surface area contributed by atoms with Crippen LogP contribution in [0.15, 0.2) is 66.7 Å². The molecule has 3 N–H and O–H groups in total. The summed E-state index contributed by atoms with van der Waals surface area (Å²) in [5.74, 6) is -0.213. The van der Waals surface area contributed by atoms with E-state index in [4.69, 9.17) is 0 Å². The van der Waals surface area contributed by atoms with Gasteiger partial charge in [0.05, 0.1) is 6.10 Å². The number of fused-ring (bicyclic) bond motifs is 1. The van der Waals surface area contributed by atoms with Crippen molar-refractivity contribution >= 4 is 0 Å². The molecule has 28 heavy (non-hydrogen) atoms.